The Labute approximate surface area is 106 Å². The highest BCUT2D eigenvalue weighted by atomic mass is 32.1. The summed E-state index contributed by atoms with van der Waals surface area (Å²) in [6, 6.07) is 10.2. The first kappa shape index (κ1) is 10.9. The Hall–Kier alpha value is -2.27. The van der Waals surface area contributed by atoms with E-state index in [2.05, 4.69) is 0 Å². The minimum Gasteiger partial charge on any atom is -0.298 e. The van der Waals surface area contributed by atoms with E-state index in [0.717, 1.165) is 26.5 Å². The van der Waals surface area contributed by atoms with E-state index in [0.29, 0.717) is 5.56 Å². The van der Waals surface area contributed by atoms with Gasteiger partial charge in [0.1, 0.15) is 6.29 Å². The Kier molecular flexibility index (Phi) is 2.34. The number of nitro benzene ring substituents is 1. The normalized spacial score (nSPS) is 10.9. The van der Waals surface area contributed by atoms with Gasteiger partial charge in [-0.15, -0.1) is 11.3 Å². The lowest BCUT2D eigenvalue weighted by atomic mass is 10.1. The van der Waals surface area contributed by atoms with Gasteiger partial charge in [0.2, 0.25) is 0 Å². The van der Waals surface area contributed by atoms with Crippen LogP contribution in [0.4, 0.5) is 5.69 Å². The van der Waals surface area contributed by atoms with E-state index in [4.69, 9.17) is 0 Å². The lowest BCUT2D eigenvalue weighted by Gasteiger charge is -1.94. The van der Waals surface area contributed by atoms with Gasteiger partial charge in [0.25, 0.3) is 5.69 Å². The third kappa shape index (κ3) is 1.56. The summed E-state index contributed by atoms with van der Waals surface area (Å²) >= 11 is 1.56. The van der Waals surface area contributed by atoms with Crippen molar-refractivity contribution in [2.45, 2.75) is 0 Å². The minimum absolute atomic E-state index is 0.0682. The predicted octanol–water partition coefficient (Wildman–Crippen LogP) is 3.78. The van der Waals surface area contributed by atoms with Gasteiger partial charge < -0.3 is 0 Å². The molecule has 0 fully saturated rings. The monoisotopic (exact) mass is 257 g/mol. The second-order valence-corrected chi connectivity index (χ2v) is 5.00. The zero-order valence-electron chi connectivity index (χ0n) is 9.12. The second-order valence-electron chi connectivity index (χ2n) is 3.91. The van der Waals surface area contributed by atoms with Crippen molar-refractivity contribution in [1.29, 1.82) is 0 Å². The largest absolute Gasteiger partial charge is 0.298 e. The van der Waals surface area contributed by atoms with Crippen molar-refractivity contribution < 1.29 is 9.72 Å². The molecule has 1 aromatic heterocycles. The number of aldehydes is 1. The van der Waals surface area contributed by atoms with Crippen molar-refractivity contribution in [3.05, 3.63) is 52.1 Å². The van der Waals surface area contributed by atoms with Crippen molar-refractivity contribution in [3.8, 4) is 0 Å². The van der Waals surface area contributed by atoms with E-state index in [-0.39, 0.29) is 5.69 Å². The predicted molar refractivity (Wildman–Crippen MR) is 71.4 cm³/mol. The van der Waals surface area contributed by atoms with Gasteiger partial charge in [0.15, 0.2) is 0 Å². The van der Waals surface area contributed by atoms with Crippen LogP contribution in [0.25, 0.3) is 20.2 Å². The zero-order valence-corrected chi connectivity index (χ0v) is 9.94. The molecule has 0 radical (unpaired) electrons. The van der Waals surface area contributed by atoms with Gasteiger partial charge in [0.05, 0.1) is 4.92 Å². The molecule has 3 aromatic rings. The molecule has 0 atom stereocenters. The fraction of sp³-hybridized carbons (Fsp3) is 0. The summed E-state index contributed by atoms with van der Waals surface area (Å²) in [7, 11) is 0. The topological polar surface area (TPSA) is 60.2 Å². The van der Waals surface area contributed by atoms with Gasteiger partial charge in [-0.1, -0.05) is 6.07 Å². The fourth-order valence-electron chi connectivity index (χ4n) is 1.97. The summed E-state index contributed by atoms with van der Waals surface area (Å²) in [5.41, 5.74) is 0.646. The summed E-state index contributed by atoms with van der Waals surface area (Å²) in [5, 5.41) is 12.5. The lowest BCUT2D eigenvalue weighted by molar-refractivity contribution is -0.384. The van der Waals surface area contributed by atoms with Crippen LogP contribution in [0.1, 0.15) is 10.4 Å². The molecule has 3 rings (SSSR count). The molecular weight excluding hydrogens is 250 g/mol. The number of hydrogen-bond acceptors (Lipinski definition) is 4. The number of non-ortho nitro benzene ring substituents is 1. The summed E-state index contributed by atoms with van der Waals surface area (Å²) in [6.07, 6.45) is 0.778. The molecule has 4 nitrogen and oxygen atoms in total. The molecule has 0 aliphatic rings. The van der Waals surface area contributed by atoms with Crippen LogP contribution in [0.15, 0.2) is 36.4 Å². The van der Waals surface area contributed by atoms with Gasteiger partial charge in [-0.3, -0.25) is 14.9 Å². The molecule has 0 spiro atoms. The third-order valence-electron chi connectivity index (χ3n) is 2.82. The zero-order chi connectivity index (χ0) is 12.7. The molecule has 0 aliphatic carbocycles. The molecule has 1 heterocycles. The fourth-order valence-corrected chi connectivity index (χ4v) is 3.04. The van der Waals surface area contributed by atoms with E-state index >= 15 is 0 Å². The van der Waals surface area contributed by atoms with Crippen LogP contribution in [0.5, 0.6) is 0 Å². The Morgan fingerprint density at radius 2 is 1.72 bits per heavy atom. The molecular formula is C13H7NO3S. The van der Waals surface area contributed by atoms with E-state index in [1.54, 1.807) is 35.6 Å². The molecule has 0 saturated carbocycles. The number of rotatable bonds is 2. The standard InChI is InChI=1S/C13H7NO3S/c15-7-8-1-3-12-10(5-8)11-6-9(14(16)17)2-4-13(11)18-12/h1-7H. The van der Waals surface area contributed by atoms with Crippen molar-refractivity contribution in [2.75, 3.05) is 0 Å². The van der Waals surface area contributed by atoms with Gasteiger partial charge >= 0.3 is 0 Å². The van der Waals surface area contributed by atoms with Crippen LogP contribution in [0.3, 0.4) is 0 Å². The number of carbonyl (C=O) groups is 1. The Bertz CT molecular complexity index is 791. The molecule has 0 saturated heterocycles. The maximum absolute atomic E-state index is 10.8. The summed E-state index contributed by atoms with van der Waals surface area (Å²) in [6.45, 7) is 0. The Balaban J connectivity index is 2.40. The Morgan fingerprint density at radius 1 is 1.06 bits per heavy atom. The van der Waals surface area contributed by atoms with Gasteiger partial charge in [0, 0.05) is 37.9 Å². The van der Waals surface area contributed by atoms with Crippen molar-refractivity contribution in [1.82, 2.24) is 0 Å². The number of thiophene rings is 1. The van der Waals surface area contributed by atoms with E-state index in [1.165, 1.54) is 6.07 Å². The Morgan fingerprint density at radius 3 is 2.39 bits per heavy atom. The van der Waals surface area contributed by atoms with Crippen LogP contribution in [-0.2, 0) is 0 Å². The van der Waals surface area contributed by atoms with Crippen LogP contribution < -0.4 is 0 Å². The SMILES string of the molecule is O=Cc1ccc2sc3ccc([N+](=O)[O-])cc3c2c1. The van der Waals surface area contributed by atoms with Crippen LogP contribution >= 0.6 is 11.3 Å². The molecule has 0 amide bonds. The second kappa shape index (κ2) is 3.89. The third-order valence-corrected chi connectivity index (χ3v) is 3.98. The summed E-state index contributed by atoms with van der Waals surface area (Å²) in [5.74, 6) is 0. The highest BCUT2D eigenvalue weighted by Gasteiger charge is 2.11. The average Bonchev–Trinajstić information content (AvgIpc) is 2.75. The number of carbonyl (C=O) groups excluding carboxylic acids is 1. The van der Waals surface area contributed by atoms with Gasteiger partial charge in [-0.2, -0.15) is 0 Å². The van der Waals surface area contributed by atoms with E-state index < -0.39 is 4.92 Å². The van der Waals surface area contributed by atoms with Crippen molar-refractivity contribution in [2.24, 2.45) is 0 Å². The first-order chi connectivity index (χ1) is 8.69. The maximum atomic E-state index is 10.8. The van der Waals surface area contributed by atoms with Crippen LogP contribution in [0.2, 0.25) is 0 Å². The molecule has 0 unspecified atom stereocenters. The van der Waals surface area contributed by atoms with Crippen LogP contribution in [-0.4, -0.2) is 11.2 Å². The van der Waals surface area contributed by atoms with Gasteiger partial charge in [-0.05, 0) is 18.2 Å². The van der Waals surface area contributed by atoms with Crippen molar-refractivity contribution in [3.63, 3.8) is 0 Å². The lowest BCUT2D eigenvalue weighted by Crippen LogP contribution is -1.86. The molecule has 88 valence electrons. The number of fused-ring (bicyclic) bond motifs is 3. The highest BCUT2D eigenvalue weighted by Crippen LogP contribution is 2.36. The van der Waals surface area contributed by atoms with Crippen LogP contribution in [0, 0.1) is 10.1 Å². The van der Waals surface area contributed by atoms with Crippen molar-refractivity contribution >= 4 is 43.5 Å². The average molecular weight is 257 g/mol. The van der Waals surface area contributed by atoms with E-state index in [1.807, 2.05) is 6.07 Å². The number of hydrogen-bond donors (Lipinski definition) is 0. The number of benzene rings is 2. The highest BCUT2D eigenvalue weighted by molar-refractivity contribution is 7.25. The summed E-state index contributed by atoms with van der Waals surface area (Å²) < 4.78 is 2.01. The smallest absolute Gasteiger partial charge is 0.270 e. The number of nitrogens with zero attached hydrogens (tertiary/aromatic N) is 1. The quantitative estimate of drug-likeness (QED) is 0.399. The molecule has 0 bridgehead atoms. The first-order valence-corrected chi connectivity index (χ1v) is 6.06. The molecule has 0 aliphatic heterocycles. The molecule has 5 heteroatoms. The van der Waals surface area contributed by atoms with E-state index in [9.17, 15) is 14.9 Å². The minimum atomic E-state index is -0.410. The molecule has 18 heavy (non-hydrogen) atoms. The molecule has 0 N–H and O–H groups in total. The van der Waals surface area contributed by atoms with Gasteiger partial charge in [-0.25, -0.2) is 0 Å². The molecule has 2 aromatic carbocycles. The number of nitro groups is 1. The maximum Gasteiger partial charge on any atom is 0.270 e. The first-order valence-electron chi connectivity index (χ1n) is 5.25. The summed E-state index contributed by atoms with van der Waals surface area (Å²) in [4.78, 5) is 21.1.